The summed E-state index contributed by atoms with van der Waals surface area (Å²) >= 11 is 5.93. The number of hydrogen-bond acceptors (Lipinski definition) is 6. The molecule has 1 atom stereocenters. The maximum absolute atomic E-state index is 12.5. The highest BCUT2D eigenvalue weighted by molar-refractivity contribution is 7.92. The molecule has 0 aliphatic carbocycles. The summed E-state index contributed by atoms with van der Waals surface area (Å²) < 4.78 is 33.0. The Morgan fingerprint density at radius 3 is 2.45 bits per heavy atom. The van der Waals surface area contributed by atoms with E-state index in [2.05, 4.69) is 20.0 Å². The van der Waals surface area contributed by atoms with Gasteiger partial charge in [0.25, 0.3) is 15.9 Å². The lowest BCUT2D eigenvalue weighted by atomic mass is 10.2. The van der Waals surface area contributed by atoms with Crippen LogP contribution in [-0.2, 0) is 14.8 Å². The Kier molecular flexibility index (Phi) is 6.77. The van der Waals surface area contributed by atoms with Crippen molar-refractivity contribution < 1.29 is 17.9 Å². The van der Waals surface area contributed by atoms with Gasteiger partial charge in [0.1, 0.15) is 5.75 Å². The molecular weight excluding hydrogens is 440 g/mol. The van der Waals surface area contributed by atoms with Crippen LogP contribution >= 0.6 is 11.6 Å². The second-order valence-corrected chi connectivity index (χ2v) is 8.93. The van der Waals surface area contributed by atoms with Crippen molar-refractivity contribution in [3.8, 4) is 5.75 Å². The van der Waals surface area contributed by atoms with E-state index in [1.165, 1.54) is 30.5 Å². The van der Waals surface area contributed by atoms with Gasteiger partial charge < -0.3 is 10.1 Å². The maximum atomic E-state index is 12.5. The fraction of sp³-hybridized carbons (Fsp3) is 0.190. The van der Waals surface area contributed by atoms with Crippen LogP contribution in [-0.4, -0.2) is 30.4 Å². The molecule has 162 valence electrons. The number of nitrogens with zero attached hydrogens (tertiary/aromatic N) is 2. The maximum Gasteiger partial charge on any atom is 0.265 e. The third-order valence-electron chi connectivity index (χ3n) is 4.26. The molecule has 1 unspecified atom stereocenters. The fourth-order valence-electron chi connectivity index (χ4n) is 2.63. The first-order valence-corrected chi connectivity index (χ1v) is 11.2. The second-order valence-electron chi connectivity index (χ2n) is 6.81. The summed E-state index contributed by atoms with van der Waals surface area (Å²) in [5, 5.41) is 3.28. The number of amides is 1. The van der Waals surface area contributed by atoms with Gasteiger partial charge in [-0.05, 0) is 74.9 Å². The molecule has 1 amide bonds. The number of sulfonamides is 1. The van der Waals surface area contributed by atoms with E-state index >= 15 is 0 Å². The van der Waals surface area contributed by atoms with Crippen molar-refractivity contribution in [3.63, 3.8) is 0 Å². The number of aryl methyl sites for hydroxylation is 2. The average molecular weight is 461 g/mol. The number of nitrogens with one attached hydrogen (secondary N) is 2. The SMILES string of the molecule is Cc1ccnc(NS(=O)(=O)c2ccc(NC(=O)C(C)Oc3ccc(Cl)cc3C)cc2)n1. The van der Waals surface area contributed by atoms with Crippen molar-refractivity contribution in [2.75, 3.05) is 10.0 Å². The number of aromatic nitrogens is 2. The van der Waals surface area contributed by atoms with Crippen LogP contribution in [0.2, 0.25) is 5.02 Å². The Bertz CT molecular complexity index is 1200. The van der Waals surface area contributed by atoms with Crippen molar-refractivity contribution in [1.29, 1.82) is 0 Å². The number of ether oxygens (including phenoxy) is 1. The molecule has 1 aromatic heterocycles. The molecule has 0 fully saturated rings. The molecule has 3 rings (SSSR count). The minimum absolute atomic E-state index is 0.0108. The molecule has 0 bridgehead atoms. The molecule has 31 heavy (non-hydrogen) atoms. The largest absolute Gasteiger partial charge is 0.481 e. The molecule has 0 aliphatic rings. The van der Waals surface area contributed by atoms with E-state index in [-0.39, 0.29) is 16.8 Å². The number of rotatable bonds is 7. The van der Waals surface area contributed by atoms with Gasteiger partial charge in [-0.2, -0.15) is 0 Å². The molecule has 1 heterocycles. The van der Waals surface area contributed by atoms with Gasteiger partial charge in [-0.1, -0.05) is 11.6 Å². The smallest absolute Gasteiger partial charge is 0.265 e. The molecule has 0 saturated carbocycles. The van der Waals surface area contributed by atoms with Crippen molar-refractivity contribution in [1.82, 2.24) is 9.97 Å². The molecule has 0 radical (unpaired) electrons. The van der Waals surface area contributed by atoms with Gasteiger partial charge in [-0.15, -0.1) is 0 Å². The molecule has 2 aromatic carbocycles. The van der Waals surface area contributed by atoms with Gasteiger partial charge in [0.2, 0.25) is 5.95 Å². The molecule has 0 spiro atoms. The van der Waals surface area contributed by atoms with E-state index in [9.17, 15) is 13.2 Å². The Hall–Kier alpha value is -3.17. The topological polar surface area (TPSA) is 110 Å². The highest BCUT2D eigenvalue weighted by Crippen LogP contribution is 2.23. The zero-order valence-electron chi connectivity index (χ0n) is 17.1. The number of carbonyl (C=O) groups is 1. The van der Waals surface area contributed by atoms with E-state index < -0.39 is 16.1 Å². The zero-order valence-corrected chi connectivity index (χ0v) is 18.7. The van der Waals surface area contributed by atoms with Gasteiger partial charge in [0.05, 0.1) is 4.90 Å². The number of carbonyl (C=O) groups excluding carboxylic acids is 1. The molecular formula is C21H21ClN4O4S. The molecule has 3 aromatic rings. The van der Waals surface area contributed by atoms with E-state index in [1.807, 2.05) is 6.92 Å². The average Bonchev–Trinajstić information content (AvgIpc) is 2.70. The number of anilines is 2. The van der Waals surface area contributed by atoms with E-state index in [4.69, 9.17) is 16.3 Å². The van der Waals surface area contributed by atoms with Crippen molar-refractivity contribution in [3.05, 3.63) is 71.0 Å². The lowest BCUT2D eigenvalue weighted by Crippen LogP contribution is -2.30. The summed E-state index contributed by atoms with van der Waals surface area (Å²) in [5.74, 6) is 0.162. The standard InChI is InChI=1S/C21H21ClN4O4S/c1-13-12-16(22)4-9-19(13)30-15(3)20(27)25-17-5-7-18(8-6-17)31(28,29)26-21-23-11-10-14(2)24-21/h4-12,15H,1-3H3,(H,25,27)(H,23,24,26). The highest BCUT2D eigenvalue weighted by atomic mass is 35.5. The summed E-state index contributed by atoms with van der Waals surface area (Å²) in [5.41, 5.74) is 1.88. The summed E-state index contributed by atoms with van der Waals surface area (Å²) in [4.78, 5) is 20.4. The first-order valence-electron chi connectivity index (χ1n) is 9.30. The van der Waals surface area contributed by atoms with Gasteiger partial charge in [0, 0.05) is 22.6 Å². The number of hydrogen-bond donors (Lipinski definition) is 2. The summed E-state index contributed by atoms with van der Waals surface area (Å²) in [6.45, 7) is 5.19. The van der Waals surface area contributed by atoms with Gasteiger partial charge >= 0.3 is 0 Å². The fourth-order valence-corrected chi connectivity index (χ4v) is 3.81. The zero-order chi connectivity index (χ0) is 22.6. The minimum Gasteiger partial charge on any atom is -0.481 e. The van der Waals surface area contributed by atoms with Gasteiger partial charge in [-0.25, -0.2) is 23.1 Å². The first-order chi connectivity index (χ1) is 14.6. The third kappa shape index (κ3) is 5.93. The van der Waals surface area contributed by atoms with E-state index in [0.717, 1.165) is 5.56 Å². The lowest BCUT2D eigenvalue weighted by Gasteiger charge is -2.16. The van der Waals surface area contributed by atoms with Crippen molar-refractivity contribution >= 4 is 39.2 Å². The van der Waals surface area contributed by atoms with Crippen LogP contribution in [0.25, 0.3) is 0 Å². The van der Waals surface area contributed by atoms with Gasteiger partial charge in [0.15, 0.2) is 6.10 Å². The Morgan fingerprint density at radius 1 is 1.10 bits per heavy atom. The molecule has 2 N–H and O–H groups in total. The highest BCUT2D eigenvalue weighted by Gasteiger charge is 2.18. The minimum atomic E-state index is -3.86. The predicted octanol–water partition coefficient (Wildman–Crippen LogP) is 3.95. The van der Waals surface area contributed by atoms with Crippen LogP contribution < -0.4 is 14.8 Å². The second kappa shape index (κ2) is 9.32. The number of halogens is 1. The van der Waals surface area contributed by atoms with Gasteiger partial charge in [-0.3, -0.25) is 4.79 Å². The van der Waals surface area contributed by atoms with E-state index in [1.54, 1.807) is 38.1 Å². The van der Waals surface area contributed by atoms with Crippen LogP contribution in [0, 0.1) is 13.8 Å². The van der Waals surface area contributed by atoms with Crippen LogP contribution in [0.15, 0.2) is 59.6 Å². The molecule has 0 aliphatic heterocycles. The molecule has 0 saturated heterocycles. The third-order valence-corrected chi connectivity index (χ3v) is 5.84. The predicted molar refractivity (Wildman–Crippen MR) is 119 cm³/mol. The summed E-state index contributed by atoms with van der Waals surface area (Å²) in [6, 6.07) is 12.5. The molecule has 8 nitrogen and oxygen atoms in total. The van der Waals surface area contributed by atoms with Crippen LogP contribution in [0.4, 0.5) is 11.6 Å². The summed E-state index contributed by atoms with van der Waals surface area (Å²) in [6.07, 6.45) is 0.691. The molecule has 10 heteroatoms. The quantitative estimate of drug-likeness (QED) is 0.552. The normalized spacial score (nSPS) is 12.1. The van der Waals surface area contributed by atoms with Crippen molar-refractivity contribution in [2.45, 2.75) is 31.8 Å². The summed E-state index contributed by atoms with van der Waals surface area (Å²) in [7, 11) is -3.86. The monoisotopic (exact) mass is 460 g/mol. The van der Waals surface area contributed by atoms with Crippen molar-refractivity contribution in [2.24, 2.45) is 0 Å². The Labute approximate surface area is 185 Å². The number of benzene rings is 2. The van der Waals surface area contributed by atoms with Crippen LogP contribution in [0.1, 0.15) is 18.2 Å². The lowest BCUT2D eigenvalue weighted by molar-refractivity contribution is -0.122. The van der Waals surface area contributed by atoms with Crippen LogP contribution in [0.3, 0.4) is 0 Å². The Morgan fingerprint density at radius 2 is 1.81 bits per heavy atom. The first kappa shape index (κ1) is 22.5. The Balaban J connectivity index is 1.64. The van der Waals surface area contributed by atoms with Crippen LogP contribution in [0.5, 0.6) is 5.75 Å². The van der Waals surface area contributed by atoms with E-state index in [0.29, 0.717) is 22.2 Å².